The highest BCUT2D eigenvalue weighted by atomic mass is 79.9. The maximum Gasteiger partial charge on any atom is 0.343 e. The topological polar surface area (TPSA) is 91.4 Å². The number of halogens is 1. The van der Waals surface area contributed by atoms with Crippen molar-refractivity contribution >= 4 is 33.7 Å². The Labute approximate surface area is 207 Å². The summed E-state index contributed by atoms with van der Waals surface area (Å²) in [5.41, 5.74) is 1.04. The number of rotatable bonds is 8. The maximum atomic E-state index is 13.2. The van der Waals surface area contributed by atoms with Crippen LogP contribution in [0.3, 0.4) is 0 Å². The molecule has 0 spiro atoms. The minimum absolute atomic E-state index is 0.0989. The molecule has 1 aliphatic rings. The second kappa shape index (κ2) is 11.0. The number of carbonyl (C=O) groups excluding carboxylic acids is 3. The quantitative estimate of drug-likeness (QED) is 0.282. The van der Waals surface area contributed by atoms with Gasteiger partial charge in [0, 0.05) is 28.9 Å². The highest BCUT2D eigenvalue weighted by molar-refractivity contribution is 9.10. The number of likely N-dealkylation sites (tertiary alicyclic amines) is 1. The van der Waals surface area contributed by atoms with Crippen molar-refractivity contribution in [3.8, 4) is 17.2 Å². The van der Waals surface area contributed by atoms with Crippen molar-refractivity contribution in [3.05, 3.63) is 51.5 Å². The van der Waals surface area contributed by atoms with Gasteiger partial charge < -0.3 is 18.9 Å². The summed E-state index contributed by atoms with van der Waals surface area (Å²) in [6.45, 7) is 3.62. The molecule has 0 saturated carbocycles. The van der Waals surface area contributed by atoms with E-state index in [2.05, 4.69) is 20.8 Å². The molecule has 182 valence electrons. The largest absolute Gasteiger partial charge is 0.496 e. The van der Waals surface area contributed by atoms with Crippen molar-refractivity contribution in [3.63, 3.8) is 0 Å². The SMILES string of the molecule is COc1cc(OC)c([C@H]2CCN(C)[C@@H]2COC(C)=O)c(OC(=O)c2cccc(Br)c2)c1C(C)=O. The average molecular weight is 534 g/mol. The van der Waals surface area contributed by atoms with Gasteiger partial charge in [0.1, 0.15) is 23.7 Å². The summed E-state index contributed by atoms with van der Waals surface area (Å²) in [5.74, 6) is -0.786. The van der Waals surface area contributed by atoms with Crippen LogP contribution in [0, 0.1) is 0 Å². The lowest BCUT2D eigenvalue weighted by atomic mass is 9.87. The van der Waals surface area contributed by atoms with Gasteiger partial charge in [-0.3, -0.25) is 14.5 Å². The smallest absolute Gasteiger partial charge is 0.343 e. The first-order valence-corrected chi connectivity index (χ1v) is 11.6. The number of ether oxygens (including phenoxy) is 4. The molecule has 34 heavy (non-hydrogen) atoms. The number of hydrogen-bond donors (Lipinski definition) is 0. The summed E-state index contributed by atoms with van der Waals surface area (Å²) < 4.78 is 23.1. The molecule has 1 fully saturated rings. The lowest BCUT2D eigenvalue weighted by Crippen LogP contribution is -2.34. The molecule has 1 saturated heterocycles. The summed E-state index contributed by atoms with van der Waals surface area (Å²) in [6, 6.07) is 8.22. The molecule has 0 aromatic heterocycles. The first kappa shape index (κ1) is 25.7. The fraction of sp³-hybridized carbons (Fsp3) is 0.400. The molecule has 9 heteroatoms. The Morgan fingerprint density at radius 3 is 2.38 bits per heavy atom. The Bertz CT molecular complexity index is 1100. The lowest BCUT2D eigenvalue weighted by molar-refractivity contribution is -0.142. The molecule has 2 aromatic carbocycles. The van der Waals surface area contributed by atoms with Gasteiger partial charge in [-0.25, -0.2) is 4.79 Å². The van der Waals surface area contributed by atoms with Crippen LogP contribution < -0.4 is 14.2 Å². The highest BCUT2D eigenvalue weighted by Crippen LogP contribution is 2.48. The van der Waals surface area contributed by atoms with Crippen LogP contribution in [-0.2, 0) is 9.53 Å². The molecule has 2 atom stereocenters. The predicted molar refractivity (Wildman–Crippen MR) is 129 cm³/mol. The van der Waals surface area contributed by atoms with Crippen LogP contribution in [0.1, 0.15) is 52.5 Å². The normalized spacial score (nSPS) is 17.8. The molecule has 0 aliphatic carbocycles. The second-order valence-electron chi connectivity index (χ2n) is 8.10. The Kier molecular flexibility index (Phi) is 8.33. The number of Topliss-reactive ketones (excluding diaryl/α,β-unsaturated/α-hetero) is 1. The third-order valence-electron chi connectivity index (χ3n) is 5.94. The molecule has 1 heterocycles. The molecule has 0 N–H and O–H groups in total. The maximum absolute atomic E-state index is 13.2. The van der Waals surface area contributed by atoms with E-state index < -0.39 is 5.97 Å². The predicted octanol–water partition coefficient (Wildman–Crippen LogP) is 4.24. The van der Waals surface area contributed by atoms with Gasteiger partial charge in [-0.05, 0) is 45.1 Å². The Balaban J connectivity index is 2.19. The number of likely N-dealkylation sites (N-methyl/N-ethyl adjacent to an activating group) is 1. The molecule has 8 nitrogen and oxygen atoms in total. The highest BCUT2D eigenvalue weighted by Gasteiger charge is 2.40. The number of ketones is 1. The van der Waals surface area contributed by atoms with E-state index in [0.29, 0.717) is 23.3 Å². The van der Waals surface area contributed by atoms with Gasteiger partial charge >= 0.3 is 11.9 Å². The van der Waals surface area contributed by atoms with Gasteiger partial charge in [0.25, 0.3) is 0 Å². The van der Waals surface area contributed by atoms with Crippen molar-refractivity contribution in [1.82, 2.24) is 4.90 Å². The molecule has 0 radical (unpaired) electrons. The number of methoxy groups -OCH3 is 2. The van der Waals surface area contributed by atoms with E-state index in [0.717, 1.165) is 11.0 Å². The van der Waals surface area contributed by atoms with E-state index in [4.69, 9.17) is 18.9 Å². The van der Waals surface area contributed by atoms with Gasteiger partial charge in [-0.2, -0.15) is 0 Å². The Hall–Kier alpha value is -2.91. The van der Waals surface area contributed by atoms with Gasteiger partial charge in [0.05, 0.1) is 25.8 Å². The second-order valence-corrected chi connectivity index (χ2v) is 9.02. The van der Waals surface area contributed by atoms with E-state index in [9.17, 15) is 14.4 Å². The van der Waals surface area contributed by atoms with E-state index in [-0.39, 0.29) is 47.4 Å². The lowest BCUT2D eigenvalue weighted by Gasteiger charge is -2.28. The summed E-state index contributed by atoms with van der Waals surface area (Å²) in [5, 5.41) is 0. The molecule has 3 rings (SSSR count). The van der Waals surface area contributed by atoms with Crippen LogP contribution >= 0.6 is 15.9 Å². The Morgan fingerprint density at radius 2 is 1.79 bits per heavy atom. The van der Waals surface area contributed by atoms with Gasteiger partial charge in [0.15, 0.2) is 11.5 Å². The van der Waals surface area contributed by atoms with E-state index in [1.165, 1.54) is 28.1 Å². The van der Waals surface area contributed by atoms with Crippen molar-refractivity contribution in [1.29, 1.82) is 0 Å². The van der Waals surface area contributed by atoms with Crippen molar-refractivity contribution in [2.45, 2.75) is 32.2 Å². The molecule has 0 bridgehead atoms. The van der Waals surface area contributed by atoms with Crippen LogP contribution in [0.2, 0.25) is 0 Å². The van der Waals surface area contributed by atoms with Crippen LogP contribution in [-0.4, -0.2) is 63.1 Å². The summed E-state index contributed by atoms with van der Waals surface area (Å²) in [4.78, 5) is 39.5. The molecule has 2 aromatic rings. The third-order valence-corrected chi connectivity index (χ3v) is 6.44. The molecule has 0 amide bonds. The minimum Gasteiger partial charge on any atom is -0.496 e. The number of esters is 2. The fourth-order valence-electron chi connectivity index (χ4n) is 4.31. The molecular formula is C25H28BrNO7. The molecular weight excluding hydrogens is 506 g/mol. The number of hydrogen-bond acceptors (Lipinski definition) is 8. The first-order chi connectivity index (χ1) is 16.2. The van der Waals surface area contributed by atoms with Gasteiger partial charge in [-0.15, -0.1) is 0 Å². The number of nitrogens with zero attached hydrogens (tertiary/aromatic N) is 1. The van der Waals surface area contributed by atoms with Crippen LogP contribution in [0.15, 0.2) is 34.8 Å². The first-order valence-electron chi connectivity index (χ1n) is 10.8. The van der Waals surface area contributed by atoms with Gasteiger partial charge in [-0.1, -0.05) is 22.0 Å². The summed E-state index contributed by atoms with van der Waals surface area (Å²) in [6.07, 6.45) is 0.684. The van der Waals surface area contributed by atoms with Crippen LogP contribution in [0.5, 0.6) is 17.2 Å². The van der Waals surface area contributed by atoms with Crippen LogP contribution in [0.4, 0.5) is 0 Å². The summed E-state index contributed by atoms with van der Waals surface area (Å²) >= 11 is 3.36. The zero-order chi connectivity index (χ0) is 25.0. The minimum atomic E-state index is -0.622. The molecule has 1 aliphatic heterocycles. The number of benzene rings is 2. The van der Waals surface area contributed by atoms with E-state index >= 15 is 0 Å². The van der Waals surface area contributed by atoms with Gasteiger partial charge in [0.2, 0.25) is 0 Å². The summed E-state index contributed by atoms with van der Waals surface area (Å²) in [7, 11) is 4.88. The van der Waals surface area contributed by atoms with E-state index in [1.807, 2.05) is 7.05 Å². The zero-order valence-corrected chi connectivity index (χ0v) is 21.4. The monoisotopic (exact) mass is 533 g/mol. The van der Waals surface area contributed by atoms with Crippen molar-refractivity contribution in [2.75, 3.05) is 34.4 Å². The van der Waals surface area contributed by atoms with Crippen molar-refractivity contribution in [2.24, 2.45) is 0 Å². The third kappa shape index (κ3) is 5.42. The average Bonchev–Trinajstić information content (AvgIpc) is 3.16. The van der Waals surface area contributed by atoms with Crippen LogP contribution in [0.25, 0.3) is 0 Å². The number of carbonyl (C=O) groups is 3. The molecule has 0 unspecified atom stereocenters. The van der Waals surface area contributed by atoms with Crippen molar-refractivity contribution < 1.29 is 33.3 Å². The van der Waals surface area contributed by atoms with E-state index in [1.54, 1.807) is 30.3 Å². The fourth-order valence-corrected chi connectivity index (χ4v) is 4.71. The zero-order valence-electron chi connectivity index (χ0n) is 19.8. The Morgan fingerprint density at radius 1 is 1.09 bits per heavy atom. The standard InChI is InChI=1S/C25H28BrNO7/c1-14(28)22-20(31-4)12-21(32-5)23(18-9-10-27(3)19(18)13-33-15(2)29)24(22)34-25(30)16-7-6-8-17(26)11-16/h6-8,11-12,18-19H,9-10,13H2,1-5H3/t18-,19+/m0/s1.